The minimum atomic E-state index is -0.829. The number of hydrogen-bond donors (Lipinski definition) is 1. The Morgan fingerprint density at radius 1 is 1.08 bits per heavy atom. The minimum Gasteiger partial charge on any atom is -0.327 e. The Morgan fingerprint density at radius 3 is 2.46 bits per heavy atom. The van der Waals surface area contributed by atoms with E-state index in [0.717, 1.165) is 17.8 Å². The fraction of sp³-hybridized carbons (Fsp3) is 0.100. The van der Waals surface area contributed by atoms with E-state index in [1.54, 1.807) is 12.1 Å². The van der Waals surface area contributed by atoms with Crippen LogP contribution in [0.5, 0.6) is 0 Å². The van der Waals surface area contributed by atoms with Crippen molar-refractivity contribution < 1.29 is 13.6 Å². The topological polar surface area (TPSA) is 45.2 Å². The van der Waals surface area contributed by atoms with Crippen molar-refractivity contribution in [3.8, 4) is 0 Å². The van der Waals surface area contributed by atoms with Gasteiger partial charge in [-0.2, -0.15) is 0 Å². The molecule has 3 rings (SSSR count). The molecular formula is C20H17F2N3O. The van der Waals surface area contributed by atoms with Crippen LogP contribution in [0, 0.1) is 11.6 Å². The molecule has 1 amide bonds. The third kappa shape index (κ3) is 3.85. The molecule has 0 atom stereocenters. The molecule has 0 aliphatic heterocycles. The molecular weight excluding hydrogens is 336 g/mol. The highest BCUT2D eigenvalue weighted by molar-refractivity contribution is 6.04. The number of para-hydroxylation sites is 1. The summed E-state index contributed by atoms with van der Waals surface area (Å²) in [5.41, 5.74) is 1.19. The number of carbonyl (C=O) groups excluding carboxylic acids is 1. The number of aromatic nitrogens is 1. The maximum absolute atomic E-state index is 13.7. The van der Waals surface area contributed by atoms with E-state index in [-0.39, 0.29) is 11.3 Å². The molecule has 0 spiro atoms. The molecule has 2 aromatic carbocycles. The first-order valence-electron chi connectivity index (χ1n) is 8.13. The van der Waals surface area contributed by atoms with Crippen LogP contribution in [-0.4, -0.2) is 17.4 Å². The molecule has 0 unspecified atom stereocenters. The number of anilines is 3. The Bertz CT molecular complexity index is 899. The number of benzene rings is 2. The fourth-order valence-electron chi connectivity index (χ4n) is 2.55. The molecule has 0 saturated heterocycles. The van der Waals surface area contributed by atoms with Gasteiger partial charge in [-0.1, -0.05) is 18.2 Å². The summed E-state index contributed by atoms with van der Waals surface area (Å²) < 4.78 is 26.6. The quantitative estimate of drug-likeness (QED) is 0.719. The molecule has 0 saturated carbocycles. The molecule has 1 N–H and O–H groups in total. The second kappa shape index (κ2) is 7.74. The second-order valence-electron chi connectivity index (χ2n) is 5.56. The lowest BCUT2D eigenvalue weighted by atomic mass is 10.2. The van der Waals surface area contributed by atoms with Crippen molar-refractivity contribution in [3.63, 3.8) is 0 Å². The van der Waals surface area contributed by atoms with Gasteiger partial charge in [0.2, 0.25) is 0 Å². The molecule has 6 heteroatoms. The Balaban J connectivity index is 1.77. The monoisotopic (exact) mass is 353 g/mol. The average Bonchev–Trinajstić information content (AvgIpc) is 2.66. The van der Waals surface area contributed by atoms with Gasteiger partial charge >= 0.3 is 0 Å². The van der Waals surface area contributed by atoms with Gasteiger partial charge in [-0.05, 0) is 43.3 Å². The predicted octanol–water partition coefficient (Wildman–Crippen LogP) is 4.77. The molecule has 0 fully saturated rings. The molecule has 0 bridgehead atoms. The van der Waals surface area contributed by atoms with Crippen molar-refractivity contribution in [2.45, 2.75) is 6.92 Å². The number of halogens is 2. The molecule has 1 aromatic heterocycles. The standard InChI is InChI=1S/C20H17F2N3O/c1-2-25(16-6-4-3-5-7-16)19-11-8-14(13-23-19)20(26)24-18-10-9-15(21)12-17(18)22/h3-13H,2H2,1H3,(H,24,26). The van der Waals surface area contributed by atoms with E-state index in [4.69, 9.17) is 0 Å². The molecule has 3 aromatic rings. The summed E-state index contributed by atoms with van der Waals surface area (Å²) >= 11 is 0. The van der Waals surface area contributed by atoms with Crippen LogP contribution >= 0.6 is 0 Å². The normalized spacial score (nSPS) is 10.4. The van der Waals surface area contributed by atoms with Crippen LogP contribution in [0.2, 0.25) is 0 Å². The van der Waals surface area contributed by atoms with Crippen molar-refractivity contribution in [3.05, 3.63) is 84.1 Å². The lowest BCUT2D eigenvalue weighted by Gasteiger charge is -2.22. The average molecular weight is 353 g/mol. The highest BCUT2D eigenvalue weighted by atomic mass is 19.1. The van der Waals surface area contributed by atoms with Crippen molar-refractivity contribution in [1.82, 2.24) is 4.98 Å². The van der Waals surface area contributed by atoms with Crippen LogP contribution in [0.4, 0.5) is 26.0 Å². The number of carbonyl (C=O) groups is 1. The highest BCUT2D eigenvalue weighted by Gasteiger charge is 2.13. The number of hydrogen-bond acceptors (Lipinski definition) is 3. The van der Waals surface area contributed by atoms with Gasteiger partial charge in [-0.15, -0.1) is 0 Å². The van der Waals surface area contributed by atoms with Gasteiger partial charge in [0.05, 0.1) is 11.3 Å². The van der Waals surface area contributed by atoms with Crippen molar-refractivity contribution in [2.75, 3.05) is 16.8 Å². The molecule has 0 aliphatic rings. The van der Waals surface area contributed by atoms with Gasteiger partial charge in [-0.3, -0.25) is 4.79 Å². The second-order valence-corrected chi connectivity index (χ2v) is 5.56. The Hall–Kier alpha value is -3.28. The van der Waals surface area contributed by atoms with Crippen LogP contribution in [-0.2, 0) is 0 Å². The van der Waals surface area contributed by atoms with Crippen molar-refractivity contribution in [1.29, 1.82) is 0 Å². The van der Waals surface area contributed by atoms with E-state index in [9.17, 15) is 13.6 Å². The third-order valence-corrected chi connectivity index (χ3v) is 3.85. The lowest BCUT2D eigenvalue weighted by molar-refractivity contribution is 0.102. The minimum absolute atomic E-state index is 0.0834. The van der Waals surface area contributed by atoms with Crippen LogP contribution < -0.4 is 10.2 Å². The largest absolute Gasteiger partial charge is 0.327 e. The first kappa shape index (κ1) is 17.5. The zero-order valence-corrected chi connectivity index (χ0v) is 14.1. The summed E-state index contributed by atoms with van der Waals surface area (Å²) in [6, 6.07) is 16.1. The van der Waals surface area contributed by atoms with Crippen molar-refractivity contribution >= 4 is 23.1 Å². The van der Waals surface area contributed by atoms with E-state index < -0.39 is 17.5 Å². The smallest absolute Gasteiger partial charge is 0.257 e. The van der Waals surface area contributed by atoms with E-state index in [0.29, 0.717) is 12.4 Å². The summed E-state index contributed by atoms with van der Waals surface area (Å²) in [6.45, 7) is 2.72. The number of nitrogens with one attached hydrogen (secondary N) is 1. The van der Waals surface area contributed by atoms with Crippen molar-refractivity contribution in [2.24, 2.45) is 0 Å². The number of amides is 1. The van der Waals surface area contributed by atoms with Crippen LogP contribution in [0.15, 0.2) is 66.9 Å². The summed E-state index contributed by atoms with van der Waals surface area (Å²) in [5, 5.41) is 2.41. The Labute approximate surface area is 150 Å². The molecule has 4 nitrogen and oxygen atoms in total. The zero-order chi connectivity index (χ0) is 18.5. The Kier molecular flexibility index (Phi) is 5.22. The third-order valence-electron chi connectivity index (χ3n) is 3.85. The molecule has 132 valence electrons. The van der Waals surface area contributed by atoms with Gasteiger partial charge in [0, 0.05) is 24.5 Å². The summed E-state index contributed by atoms with van der Waals surface area (Å²) in [5.74, 6) is -1.35. The van der Waals surface area contributed by atoms with Gasteiger partial charge < -0.3 is 10.2 Å². The number of nitrogens with zero attached hydrogens (tertiary/aromatic N) is 2. The van der Waals surface area contributed by atoms with Gasteiger partial charge in [0.1, 0.15) is 17.5 Å². The number of pyridine rings is 1. The summed E-state index contributed by atoms with van der Waals surface area (Å²) in [6.07, 6.45) is 1.43. The summed E-state index contributed by atoms with van der Waals surface area (Å²) in [4.78, 5) is 18.6. The van der Waals surface area contributed by atoms with Crippen LogP contribution in [0.1, 0.15) is 17.3 Å². The number of rotatable bonds is 5. The summed E-state index contributed by atoms with van der Waals surface area (Å²) in [7, 11) is 0. The van der Waals surface area contributed by atoms with E-state index in [1.165, 1.54) is 12.3 Å². The molecule has 0 aliphatic carbocycles. The Morgan fingerprint density at radius 2 is 1.85 bits per heavy atom. The van der Waals surface area contributed by atoms with Gasteiger partial charge in [0.15, 0.2) is 0 Å². The van der Waals surface area contributed by atoms with Gasteiger partial charge in [-0.25, -0.2) is 13.8 Å². The molecule has 0 radical (unpaired) electrons. The first-order valence-corrected chi connectivity index (χ1v) is 8.13. The molecule has 1 heterocycles. The zero-order valence-electron chi connectivity index (χ0n) is 14.1. The molecule has 26 heavy (non-hydrogen) atoms. The predicted molar refractivity (Wildman–Crippen MR) is 97.7 cm³/mol. The van der Waals surface area contributed by atoms with E-state index in [1.807, 2.05) is 42.2 Å². The maximum atomic E-state index is 13.7. The maximum Gasteiger partial charge on any atom is 0.257 e. The highest BCUT2D eigenvalue weighted by Crippen LogP contribution is 2.23. The van der Waals surface area contributed by atoms with E-state index in [2.05, 4.69) is 10.3 Å². The lowest BCUT2D eigenvalue weighted by Crippen LogP contribution is -2.18. The SMILES string of the molecule is CCN(c1ccccc1)c1ccc(C(=O)Nc2ccc(F)cc2F)cn1. The van der Waals surface area contributed by atoms with Crippen LogP contribution in [0.3, 0.4) is 0 Å². The van der Waals surface area contributed by atoms with Gasteiger partial charge in [0.25, 0.3) is 5.91 Å². The fourth-order valence-corrected chi connectivity index (χ4v) is 2.55. The van der Waals surface area contributed by atoms with Crippen LogP contribution in [0.25, 0.3) is 0 Å². The first-order chi connectivity index (χ1) is 12.6. The van der Waals surface area contributed by atoms with E-state index >= 15 is 0 Å².